The standard InChI is InChI=1S/2C13H22O3P.Fe/c2*1-12(2,3)15-17(14,16-13(4,5)6)11-9-7-8-10-11;/h2*7-10H,1-6H3;/q2*-1;+2. The van der Waals surface area contributed by atoms with Crippen molar-refractivity contribution in [2.24, 2.45) is 0 Å². The Bertz CT molecular complexity index is 833. The Labute approximate surface area is 223 Å². The molecule has 0 unspecified atom stereocenters. The molecule has 0 saturated heterocycles. The summed E-state index contributed by atoms with van der Waals surface area (Å²) in [6, 6.07) is 14.4. The van der Waals surface area contributed by atoms with Crippen molar-refractivity contribution in [3.63, 3.8) is 0 Å². The third-order valence-corrected chi connectivity index (χ3v) is 8.51. The van der Waals surface area contributed by atoms with Gasteiger partial charge in [-0.15, -0.1) is 0 Å². The Hall–Kier alpha value is -0.481. The van der Waals surface area contributed by atoms with Gasteiger partial charge in [-0.2, -0.15) is 36.4 Å². The zero-order chi connectivity index (χ0) is 26.6. The summed E-state index contributed by atoms with van der Waals surface area (Å²) < 4.78 is 48.4. The molecule has 2 rings (SSSR count). The zero-order valence-electron chi connectivity index (χ0n) is 23.3. The van der Waals surface area contributed by atoms with E-state index in [4.69, 9.17) is 18.1 Å². The molecule has 2 aromatic rings. The van der Waals surface area contributed by atoms with Gasteiger partial charge in [0.1, 0.15) is 0 Å². The van der Waals surface area contributed by atoms with E-state index in [9.17, 15) is 9.13 Å². The zero-order valence-corrected chi connectivity index (χ0v) is 26.2. The molecule has 0 heterocycles. The maximum absolute atomic E-state index is 12.9. The first kappa shape index (κ1) is 34.5. The fourth-order valence-corrected chi connectivity index (χ4v) is 7.24. The van der Waals surface area contributed by atoms with Gasteiger partial charge in [-0.05, 0) is 83.1 Å². The molecule has 0 aliphatic rings. The minimum atomic E-state index is -3.27. The van der Waals surface area contributed by atoms with Crippen molar-refractivity contribution in [1.82, 2.24) is 0 Å². The summed E-state index contributed by atoms with van der Waals surface area (Å²) in [5, 5.41) is 1.23. The van der Waals surface area contributed by atoms with Crippen LogP contribution in [0.5, 0.6) is 0 Å². The maximum atomic E-state index is 12.9. The van der Waals surface area contributed by atoms with E-state index in [0.29, 0.717) is 10.6 Å². The van der Waals surface area contributed by atoms with Gasteiger partial charge in [0.2, 0.25) is 0 Å². The Morgan fingerprint density at radius 2 is 0.771 bits per heavy atom. The van der Waals surface area contributed by atoms with Gasteiger partial charge in [0, 0.05) is 0 Å². The van der Waals surface area contributed by atoms with Crippen molar-refractivity contribution in [2.75, 3.05) is 0 Å². The predicted octanol–water partition coefficient (Wildman–Crippen LogP) is 7.71. The molecule has 2 aromatic carbocycles. The first-order chi connectivity index (χ1) is 15.0. The predicted molar refractivity (Wildman–Crippen MR) is 142 cm³/mol. The molecule has 6 nitrogen and oxygen atoms in total. The number of hydrogen-bond donors (Lipinski definition) is 0. The molecule has 0 radical (unpaired) electrons. The molecule has 0 aromatic heterocycles. The second-order valence-electron chi connectivity index (χ2n) is 12.1. The second-order valence-corrected chi connectivity index (χ2v) is 15.8. The fourth-order valence-electron chi connectivity index (χ4n) is 2.78. The maximum Gasteiger partial charge on any atom is 2.00 e. The molecule has 9 heteroatoms. The van der Waals surface area contributed by atoms with E-state index in [0.717, 1.165) is 0 Å². The van der Waals surface area contributed by atoms with Crippen LogP contribution in [0.4, 0.5) is 0 Å². The Morgan fingerprint density at radius 1 is 0.543 bits per heavy atom. The molecular formula is C26H44FeO6P2. The van der Waals surface area contributed by atoms with Crippen molar-refractivity contribution < 1.29 is 44.3 Å². The second kappa shape index (κ2) is 12.4. The van der Waals surface area contributed by atoms with Crippen LogP contribution in [0.3, 0.4) is 0 Å². The summed E-state index contributed by atoms with van der Waals surface area (Å²) in [4.78, 5) is 0. The van der Waals surface area contributed by atoms with Crippen LogP contribution >= 0.6 is 15.2 Å². The van der Waals surface area contributed by atoms with E-state index >= 15 is 0 Å². The van der Waals surface area contributed by atoms with Crippen LogP contribution in [0.15, 0.2) is 48.5 Å². The van der Waals surface area contributed by atoms with Gasteiger partial charge in [0.05, 0.1) is 22.4 Å². The summed E-state index contributed by atoms with van der Waals surface area (Å²) >= 11 is 0. The molecule has 35 heavy (non-hydrogen) atoms. The summed E-state index contributed by atoms with van der Waals surface area (Å²) in [6.07, 6.45) is 0. The summed E-state index contributed by atoms with van der Waals surface area (Å²) in [5.41, 5.74) is -2.06. The molecule has 0 atom stereocenters. The van der Waals surface area contributed by atoms with Crippen molar-refractivity contribution in [3.8, 4) is 0 Å². The molecule has 0 aliphatic carbocycles. The van der Waals surface area contributed by atoms with E-state index in [2.05, 4.69) is 0 Å². The van der Waals surface area contributed by atoms with E-state index in [1.54, 1.807) is 24.3 Å². The van der Waals surface area contributed by atoms with Gasteiger partial charge < -0.3 is 18.1 Å². The SMILES string of the molecule is CC(C)(C)OP(=O)(OC(C)(C)C)c1ccc[cH-]1.CC(C)(C)OP(=O)(OC(C)(C)C)c1ccc[cH-]1.[Fe+2]. The Balaban J connectivity index is 0.000000642. The van der Waals surface area contributed by atoms with Crippen LogP contribution in [0.1, 0.15) is 83.1 Å². The third-order valence-electron chi connectivity index (χ3n) is 3.50. The summed E-state index contributed by atoms with van der Waals surface area (Å²) in [6.45, 7) is 22.4. The first-order valence-corrected chi connectivity index (χ1v) is 14.6. The van der Waals surface area contributed by atoms with Crippen molar-refractivity contribution in [1.29, 1.82) is 0 Å². The van der Waals surface area contributed by atoms with Crippen molar-refractivity contribution >= 4 is 25.8 Å². The van der Waals surface area contributed by atoms with Gasteiger partial charge in [0.15, 0.2) is 0 Å². The largest absolute Gasteiger partial charge is 2.00 e. The first-order valence-electron chi connectivity index (χ1n) is 11.5. The van der Waals surface area contributed by atoms with Gasteiger partial charge in [-0.3, -0.25) is 9.13 Å². The molecule has 0 N–H and O–H groups in total. The molecule has 0 amide bonds. The molecule has 0 saturated carbocycles. The van der Waals surface area contributed by atoms with Gasteiger partial charge in [-0.1, -0.05) is 10.6 Å². The quantitative estimate of drug-likeness (QED) is 0.201. The monoisotopic (exact) mass is 570 g/mol. The van der Waals surface area contributed by atoms with Crippen molar-refractivity contribution in [3.05, 3.63) is 48.5 Å². The molecular weight excluding hydrogens is 526 g/mol. The van der Waals surface area contributed by atoms with Crippen LogP contribution in [-0.2, 0) is 44.3 Å². The average Bonchev–Trinajstić information content (AvgIpc) is 3.23. The Morgan fingerprint density at radius 3 is 0.914 bits per heavy atom. The topological polar surface area (TPSA) is 71.1 Å². The van der Waals surface area contributed by atoms with Crippen molar-refractivity contribution in [2.45, 2.75) is 105 Å². The summed E-state index contributed by atoms with van der Waals surface area (Å²) in [5.74, 6) is 0. The van der Waals surface area contributed by atoms with Gasteiger partial charge >= 0.3 is 32.3 Å². The molecule has 0 aliphatic heterocycles. The van der Waals surface area contributed by atoms with Crippen LogP contribution in [0.25, 0.3) is 0 Å². The minimum Gasteiger partial charge on any atom is -0.301 e. The minimum absolute atomic E-state index is 0. The molecule has 0 bridgehead atoms. The van der Waals surface area contributed by atoms with E-state index in [-0.39, 0.29) is 17.1 Å². The van der Waals surface area contributed by atoms with E-state index in [1.165, 1.54) is 0 Å². The molecule has 202 valence electrons. The van der Waals surface area contributed by atoms with E-state index < -0.39 is 37.6 Å². The van der Waals surface area contributed by atoms with Gasteiger partial charge in [0.25, 0.3) is 0 Å². The van der Waals surface area contributed by atoms with Crippen LogP contribution in [0.2, 0.25) is 0 Å². The smallest absolute Gasteiger partial charge is 0.301 e. The normalized spacial score (nSPS) is 13.6. The Kier molecular flexibility index (Phi) is 12.2. The van der Waals surface area contributed by atoms with Crippen LogP contribution in [0, 0.1) is 0 Å². The third kappa shape index (κ3) is 13.6. The van der Waals surface area contributed by atoms with E-state index in [1.807, 2.05) is 107 Å². The fraction of sp³-hybridized carbons (Fsp3) is 0.615. The summed E-state index contributed by atoms with van der Waals surface area (Å²) in [7, 11) is -6.53. The average molecular weight is 570 g/mol. The molecule has 0 fully saturated rings. The van der Waals surface area contributed by atoms with Gasteiger partial charge in [-0.25, -0.2) is 12.1 Å². The number of rotatable bonds is 6. The van der Waals surface area contributed by atoms with Crippen LogP contribution < -0.4 is 10.6 Å². The van der Waals surface area contributed by atoms with Crippen LogP contribution in [-0.4, -0.2) is 22.4 Å². The molecule has 0 spiro atoms. The number of hydrogen-bond acceptors (Lipinski definition) is 6.